The van der Waals surface area contributed by atoms with E-state index >= 15 is 0 Å². The van der Waals surface area contributed by atoms with Crippen molar-refractivity contribution in [2.75, 3.05) is 0 Å². The van der Waals surface area contributed by atoms with Crippen LogP contribution in [0.15, 0.2) is 0 Å². The van der Waals surface area contributed by atoms with Crippen LogP contribution >= 0.6 is 0 Å². The molecule has 0 aliphatic heterocycles. The Bertz CT molecular complexity index is 277. The van der Waals surface area contributed by atoms with Crippen LogP contribution < -0.4 is 5.73 Å². The highest BCUT2D eigenvalue weighted by molar-refractivity contribution is 6.01. The number of hydrogen-bond acceptors (Lipinski definition) is 2. The lowest BCUT2D eigenvalue weighted by Crippen LogP contribution is -2.49. The third kappa shape index (κ3) is 2.20. The van der Waals surface area contributed by atoms with E-state index in [9.17, 15) is 14.7 Å². The minimum Gasteiger partial charge on any atom is -0.480 e. The standard InChI is InChI=1S/C12H21NO3/c1-7-4-8(2)6-9(5-7)12(3,10(13)14)11(15)16/h7-9H,4-6H2,1-3H3,(H2,13,14)(H,15,16). The summed E-state index contributed by atoms with van der Waals surface area (Å²) in [6, 6.07) is 0. The first-order valence-corrected chi connectivity index (χ1v) is 5.81. The molecule has 0 radical (unpaired) electrons. The van der Waals surface area contributed by atoms with E-state index in [0.717, 1.165) is 19.3 Å². The van der Waals surface area contributed by atoms with Crippen molar-refractivity contribution in [3.63, 3.8) is 0 Å². The van der Waals surface area contributed by atoms with Crippen molar-refractivity contribution in [3.05, 3.63) is 0 Å². The summed E-state index contributed by atoms with van der Waals surface area (Å²) in [5.74, 6) is -1.02. The molecule has 0 spiro atoms. The van der Waals surface area contributed by atoms with Gasteiger partial charge in [0.1, 0.15) is 5.41 Å². The number of nitrogens with two attached hydrogens (primary N) is 1. The van der Waals surface area contributed by atoms with Crippen LogP contribution in [0.25, 0.3) is 0 Å². The monoisotopic (exact) mass is 227 g/mol. The van der Waals surface area contributed by atoms with Gasteiger partial charge in [0, 0.05) is 0 Å². The number of carbonyl (C=O) groups excluding carboxylic acids is 1. The summed E-state index contributed by atoms with van der Waals surface area (Å²) in [4.78, 5) is 22.7. The molecule has 16 heavy (non-hydrogen) atoms. The quantitative estimate of drug-likeness (QED) is 0.719. The predicted octanol–water partition coefficient (Wildman–Crippen LogP) is 1.63. The van der Waals surface area contributed by atoms with Gasteiger partial charge in [-0.2, -0.15) is 0 Å². The molecule has 0 aromatic heterocycles. The Labute approximate surface area is 96.2 Å². The van der Waals surface area contributed by atoms with E-state index in [2.05, 4.69) is 13.8 Å². The van der Waals surface area contributed by atoms with Gasteiger partial charge in [0.05, 0.1) is 0 Å². The third-order valence-electron chi connectivity index (χ3n) is 3.95. The van der Waals surface area contributed by atoms with Gasteiger partial charge in [-0.15, -0.1) is 0 Å². The highest BCUT2D eigenvalue weighted by Gasteiger charge is 2.48. The van der Waals surface area contributed by atoms with Crippen molar-refractivity contribution in [1.29, 1.82) is 0 Å². The van der Waals surface area contributed by atoms with E-state index in [0.29, 0.717) is 11.8 Å². The molecule has 0 saturated heterocycles. The molecule has 0 bridgehead atoms. The molecule has 4 heteroatoms. The van der Waals surface area contributed by atoms with Crippen molar-refractivity contribution in [2.45, 2.75) is 40.0 Å². The molecule has 1 fully saturated rings. The second-order valence-electron chi connectivity index (χ2n) is 5.49. The average molecular weight is 227 g/mol. The molecule has 1 rings (SSSR count). The normalized spacial score (nSPS) is 34.1. The molecule has 1 aliphatic rings. The second-order valence-corrected chi connectivity index (χ2v) is 5.49. The van der Waals surface area contributed by atoms with E-state index in [1.807, 2.05) is 0 Å². The van der Waals surface area contributed by atoms with Gasteiger partial charge in [0.15, 0.2) is 0 Å². The van der Waals surface area contributed by atoms with Crippen LogP contribution in [0.2, 0.25) is 0 Å². The molecule has 0 aromatic rings. The van der Waals surface area contributed by atoms with Crippen molar-refractivity contribution in [3.8, 4) is 0 Å². The van der Waals surface area contributed by atoms with E-state index in [1.54, 1.807) is 0 Å². The SMILES string of the molecule is CC1CC(C)CC(C(C)(C(N)=O)C(=O)O)C1. The number of aliphatic carboxylic acids is 1. The van der Waals surface area contributed by atoms with Gasteiger partial charge >= 0.3 is 5.97 Å². The van der Waals surface area contributed by atoms with Gasteiger partial charge in [-0.25, -0.2) is 0 Å². The van der Waals surface area contributed by atoms with Gasteiger partial charge in [-0.05, 0) is 43.9 Å². The molecule has 1 aliphatic carbocycles. The van der Waals surface area contributed by atoms with Crippen LogP contribution in [0.3, 0.4) is 0 Å². The fourth-order valence-electron chi connectivity index (χ4n) is 2.90. The summed E-state index contributed by atoms with van der Waals surface area (Å²) in [6.45, 7) is 5.67. The maximum Gasteiger partial charge on any atom is 0.319 e. The maximum absolute atomic E-state index is 11.4. The lowest BCUT2D eigenvalue weighted by Gasteiger charge is -2.39. The summed E-state index contributed by atoms with van der Waals surface area (Å²) >= 11 is 0. The molecular formula is C12H21NO3. The fourth-order valence-corrected chi connectivity index (χ4v) is 2.90. The van der Waals surface area contributed by atoms with Crippen molar-refractivity contribution >= 4 is 11.9 Å². The number of carboxylic acids is 1. The molecule has 0 aromatic carbocycles. The molecular weight excluding hydrogens is 206 g/mol. The van der Waals surface area contributed by atoms with E-state index in [-0.39, 0.29) is 5.92 Å². The number of rotatable bonds is 3. The Morgan fingerprint density at radius 1 is 1.19 bits per heavy atom. The largest absolute Gasteiger partial charge is 0.480 e. The Morgan fingerprint density at radius 2 is 1.62 bits per heavy atom. The number of primary amides is 1. The number of amides is 1. The minimum atomic E-state index is -1.41. The van der Waals surface area contributed by atoms with Crippen LogP contribution in [0.5, 0.6) is 0 Å². The molecule has 1 amide bonds. The molecule has 3 N–H and O–H groups in total. The molecule has 0 heterocycles. The predicted molar refractivity (Wildman–Crippen MR) is 60.6 cm³/mol. The lowest BCUT2D eigenvalue weighted by molar-refractivity contribution is -0.159. The van der Waals surface area contributed by atoms with Crippen molar-refractivity contribution in [2.24, 2.45) is 28.9 Å². The second kappa shape index (κ2) is 4.44. The van der Waals surface area contributed by atoms with Crippen LogP contribution in [0.1, 0.15) is 40.0 Å². The van der Waals surface area contributed by atoms with E-state index in [4.69, 9.17) is 5.73 Å². The lowest BCUT2D eigenvalue weighted by atomic mass is 9.64. The summed E-state index contributed by atoms with van der Waals surface area (Å²) in [5.41, 5.74) is 3.86. The Kier molecular flexibility index (Phi) is 3.61. The van der Waals surface area contributed by atoms with Crippen LogP contribution in [-0.4, -0.2) is 17.0 Å². The molecule has 4 nitrogen and oxygen atoms in total. The number of hydrogen-bond donors (Lipinski definition) is 2. The fraction of sp³-hybridized carbons (Fsp3) is 0.833. The zero-order valence-corrected chi connectivity index (χ0v) is 10.2. The van der Waals surface area contributed by atoms with Gasteiger partial charge < -0.3 is 10.8 Å². The van der Waals surface area contributed by atoms with Gasteiger partial charge in [0.2, 0.25) is 5.91 Å². The first-order chi connectivity index (χ1) is 7.28. The summed E-state index contributed by atoms with van der Waals surface area (Å²) in [6.07, 6.45) is 2.65. The smallest absolute Gasteiger partial charge is 0.319 e. The molecule has 92 valence electrons. The van der Waals surface area contributed by atoms with Crippen LogP contribution in [0.4, 0.5) is 0 Å². The number of carbonyl (C=O) groups is 2. The first kappa shape index (κ1) is 13.0. The van der Waals surface area contributed by atoms with E-state index in [1.165, 1.54) is 6.92 Å². The minimum absolute atomic E-state index is 0.138. The van der Waals surface area contributed by atoms with Crippen LogP contribution in [0, 0.1) is 23.2 Å². The summed E-state index contributed by atoms with van der Waals surface area (Å²) in [5, 5.41) is 9.23. The van der Waals surface area contributed by atoms with Gasteiger partial charge in [-0.3, -0.25) is 9.59 Å². The molecule has 3 atom stereocenters. The average Bonchev–Trinajstić information content (AvgIpc) is 2.14. The Balaban J connectivity index is 2.95. The van der Waals surface area contributed by atoms with Crippen LogP contribution in [-0.2, 0) is 9.59 Å². The zero-order valence-electron chi connectivity index (χ0n) is 10.2. The number of carboxylic acid groups (broad SMARTS) is 1. The molecule has 1 saturated carbocycles. The highest BCUT2D eigenvalue weighted by Crippen LogP contribution is 2.43. The highest BCUT2D eigenvalue weighted by atomic mass is 16.4. The topological polar surface area (TPSA) is 80.4 Å². The van der Waals surface area contributed by atoms with Crippen molar-refractivity contribution in [1.82, 2.24) is 0 Å². The van der Waals surface area contributed by atoms with Gasteiger partial charge in [-0.1, -0.05) is 13.8 Å². The summed E-state index contributed by atoms with van der Waals surface area (Å²) in [7, 11) is 0. The summed E-state index contributed by atoms with van der Waals surface area (Å²) < 4.78 is 0. The Morgan fingerprint density at radius 3 is 1.94 bits per heavy atom. The molecule has 3 unspecified atom stereocenters. The van der Waals surface area contributed by atoms with E-state index < -0.39 is 17.3 Å². The Hall–Kier alpha value is -1.06. The maximum atomic E-state index is 11.4. The van der Waals surface area contributed by atoms with Gasteiger partial charge in [0.25, 0.3) is 0 Å². The zero-order chi connectivity index (χ0) is 12.5. The third-order valence-corrected chi connectivity index (χ3v) is 3.95. The first-order valence-electron chi connectivity index (χ1n) is 5.81. The van der Waals surface area contributed by atoms with Crippen molar-refractivity contribution < 1.29 is 14.7 Å².